The minimum atomic E-state index is -0.179. The summed E-state index contributed by atoms with van der Waals surface area (Å²) in [6.45, 7) is 0.466. The number of furan rings is 1. The predicted molar refractivity (Wildman–Crippen MR) is 85.2 cm³/mol. The minimum absolute atomic E-state index is 0.0408. The summed E-state index contributed by atoms with van der Waals surface area (Å²) in [7, 11) is 1.71. The second kappa shape index (κ2) is 7.40. The van der Waals surface area contributed by atoms with Crippen LogP contribution in [0.1, 0.15) is 5.76 Å². The highest BCUT2D eigenvalue weighted by atomic mass is 16.5. The van der Waals surface area contributed by atoms with Crippen LogP contribution in [0.25, 0.3) is 11.4 Å². The van der Waals surface area contributed by atoms with Gasteiger partial charge >= 0.3 is 0 Å². The molecule has 0 radical (unpaired) electrons. The number of hydrogen-bond acceptors (Lipinski definition) is 6. The molecule has 0 aliphatic rings. The van der Waals surface area contributed by atoms with Crippen LogP contribution < -0.4 is 10.1 Å². The molecule has 8 nitrogen and oxygen atoms in total. The first-order valence-electron chi connectivity index (χ1n) is 7.47. The first kappa shape index (κ1) is 15.7. The highest BCUT2D eigenvalue weighted by Gasteiger charge is 2.06. The molecule has 0 bridgehead atoms. The molecule has 124 valence electrons. The van der Waals surface area contributed by atoms with E-state index < -0.39 is 0 Å². The van der Waals surface area contributed by atoms with Gasteiger partial charge in [0.15, 0.2) is 6.61 Å². The number of amides is 1. The Morgan fingerprint density at radius 1 is 1.29 bits per heavy atom. The molecule has 24 heavy (non-hydrogen) atoms. The molecule has 1 amide bonds. The summed E-state index contributed by atoms with van der Waals surface area (Å²) in [6, 6.07) is 10.9. The van der Waals surface area contributed by atoms with Gasteiger partial charge in [0.25, 0.3) is 5.91 Å². The fourth-order valence-corrected chi connectivity index (χ4v) is 2.08. The van der Waals surface area contributed by atoms with Gasteiger partial charge in [0.1, 0.15) is 11.5 Å². The average Bonchev–Trinajstić information content (AvgIpc) is 3.25. The fraction of sp³-hybridized carbons (Fsp3) is 0.250. The molecule has 0 aliphatic heterocycles. The van der Waals surface area contributed by atoms with Crippen molar-refractivity contribution >= 4 is 5.91 Å². The van der Waals surface area contributed by atoms with Crippen molar-refractivity contribution in [1.29, 1.82) is 0 Å². The van der Waals surface area contributed by atoms with E-state index in [2.05, 4.69) is 20.7 Å². The molecule has 0 saturated heterocycles. The molecular weight excluding hydrogens is 310 g/mol. The largest absolute Gasteiger partial charge is 0.484 e. The molecule has 3 aromatic rings. The van der Waals surface area contributed by atoms with Gasteiger partial charge in [0.2, 0.25) is 5.82 Å². The highest BCUT2D eigenvalue weighted by molar-refractivity contribution is 5.77. The molecule has 1 N–H and O–H groups in total. The molecule has 0 atom stereocenters. The van der Waals surface area contributed by atoms with Crippen molar-refractivity contribution in [1.82, 2.24) is 25.5 Å². The number of nitrogens with one attached hydrogen (secondary N) is 1. The van der Waals surface area contributed by atoms with Crippen LogP contribution in [-0.2, 0) is 18.3 Å². The van der Waals surface area contributed by atoms with Crippen molar-refractivity contribution in [2.75, 3.05) is 13.2 Å². The third kappa shape index (κ3) is 4.19. The zero-order chi connectivity index (χ0) is 16.8. The zero-order valence-corrected chi connectivity index (χ0v) is 13.2. The number of tetrazole rings is 1. The van der Waals surface area contributed by atoms with Crippen LogP contribution in [0.5, 0.6) is 5.75 Å². The second-order valence-corrected chi connectivity index (χ2v) is 5.09. The Morgan fingerprint density at radius 2 is 2.12 bits per heavy atom. The molecule has 8 heteroatoms. The van der Waals surface area contributed by atoms with Gasteiger partial charge < -0.3 is 14.5 Å². The molecule has 0 spiro atoms. The molecule has 1 aromatic carbocycles. The van der Waals surface area contributed by atoms with E-state index in [1.54, 1.807) is 25.4 Å². The summed E-state index contributed by atoms with van der Waals surface area (Å²) in [6.07, 6.45) is 2.26. The SMILES string of the molecule is Cn1nnc(-c2ccc(OCC(=O)NCCc3ccco3)cc2)n1. The lowest BCUT2D eigenvalue weighted by Gasteiger charge is -2.07. The summed E-state index contributed by atoms with van der Waals surface area (Å²) in [5.41, 5.74) is 0.832. The van der Waals surface area contributed by atoms with Gasteiger partial charge in [-0.2, -0.15) is 4.80 Å². The van der Waals surface area contributed by atoms with Crippen molar-refractivity contribution in [2.45, 2.75) is 6.42 Å². The number of rotatable bonds is 7. The van der Waals surface area contributed by atoms with Crippen LogP contribution in [0.3, 0.4) is 0 Å². The van der Waals surface area contributed by atoms with Crippen LogP contribution in [0.4, 0.5) is 0 Å². The van der Waals surface area contributed by atoms with Gasteiger partial charge in [-0.25, -0.2) is 0 Å². The van der Waals surface area contributed by atoms with Crippen LogP contribution in [-0.4, -0.2) is 39.3 Å². The summed E-state index contributed by atoms with van der Waals surface area (Å²) in [4.78, 5) is 13.1. The van der Waals surface area contributed by atoms with E-state index in [1.807, 2.05) is 24.3 Å². The second-order valence-electron chi connectivity index (χ2n) is 5.09. The maximum absolute atomic E-state index is 11.7. The van der Waals surface area contributed by atoms with Crippen LogP contribution in [0.15, 0.2) is 47.1 Å². The normalized spacial score (nSPS) is 10.5. The summed E-state index contributed by atoms with van der Waals surface area (Å²) in [5, 5.41) is 14.6. The molecular formula is C16H17N5O3. The summed E-state index contributed by atoms with van der Waals surface area (Å²) < 4.78 is 10.6. The lowest BCUT2D eigenvalue weighted by Crippen LogP contribution is -2.30. The lowest BCUT2D eigenvalue weighted by molar-refractivity contribution is -0.123. The number of aromatic nitrogens is 4. The number of benzene rings is 1. The Hall–Kier alpha value is -3.16. The quantitative estimate of drug-likeness (QED) is 0.701. The Kier molecular flexibility index (Phi) is 4.85. The Balaban J connectivity index is 1.43. The smallest absolute Gasteiger partial charge is 0.257 e. The standard InChI is InChI=1S/C16H17N5O3/c1-21-19-16(18-20-21)12-4-6-14(7-5-12)24-11-15(22)17-9-8-13-3-2-10-23-13/h2-7,10H,8-9,11H2,1H3,(H,17,22). The molecule has 0 aliphatic carbocycles. The first-order chi connectivity index (χ1) is 11.7. The Labute approximate surface area is 138 Å². The number of nitrogens with zero attached hydrogens (tertiary/aromatic N) is 4. The molecule has 3 rings (SSSR count). The van der Waals surface area contributed by atoms with Crippen molar-refractivity contribution in [3.63, 3.8) is 0 Å². The van der Waals surface area contributed by atoms with E-state index >= 15 is 0 Å². The maximum atomic E-state index is 11.7. The van der Waals surface area contributed by atoms with Crippen molar-refractivity contribution in [3.05, 3.63) is 48.4 Å². The van der Waals surface area contributed by atoms with Crippen LogP contribution >= 0.6 is 0 Å². The number of ether oxygens (including phenoxy) is 1. The molecule has 2 heterocycles. The molecule has 0 unspecified atom stereocenters. The summed E-state index contributed by atoms with van der Waals surface area (Å²) >= 11 is 0. The van der Waals surface area contributed by atoms with E-state index in [4.69, 9.17) is 9.15 Å². The highest BCUT2D eigenvalue weighted by Crippen LogP contribution is 2.18. The van der Waals surface area contributed by atoms with Crippen molar-refractivity contribution < 1.29 is 13.9 Å². The zero-order valence-electron chi connectivity index (χ0n) is 13.2. The minimum Gasteiger partial charge on any atom is -0.484 e. The third-order valence-corrected chi connectivity index (χ3v) is 3.26. The van der Waals surface area contributed by atoms with Crippen molar-refractivity contribution in [3.8, 4) is 17.1 Å². The van der Waals surface area contributed by atoms with Gasteiger partial charge in [0.05, 0.1) is 13.3 Å². The Morgan fingerprint density at radius 3 is 2.79 bits per heavy atom. The van der Waals surface area contributed by atoms with Gasteiger partial charge in [-0.1, -0.05) is 0 Å². The van der Waals surface area contributed by atoms with Gasteiger partial charge in [-0.05, 0) is 41.6 Å². The van der Waals surface area contributed by atoms with Gasteiger partial charge in [-0.15, -0.1) is 10.2 Å². The van der Waals surface area contributed by atoms with E-state index in [0.29, 0.717) is 24.5 Å². The molecule has 0 fully saturated rings. The topological polar surface area (TPSA) is 95.1 Å². The van der Waals surface area contributed by atoms with E-state index in [1.165, 1.54) is 4.80 Å². The lowest BCUT2D eigenvalue weighted by atomic mass is 10.2. The average molecular weight is 327 g/mol. The number of hydrogen-bond donors (Lipinski definition) is 1. The Bertz CT molecular complexity index is 780. The fourth-order valence-electron chi connectivity index (χ4n) is 2.08. The number of carbonyl (C=O) groups is 1. The predicted octanol–water partition coefficient (Wildman–Crippen LogP) is 1.21. The third-order valence-electron chi connectivity index (χ3n) is 3.26. The molecule has 2 aromatic heterocycles. The number of carbonyl (C=O) groups excluding carboxylic acids is 1. The van der Waals surface area contributed by atoms with E-state index in [0.717, 1.165) is 11.3 Å². The van der Waals surface area contributed by atoms with Gasteiger partial charge in [0, 0.05) is 18.5 Å². The maximum Gasteiger partial charge on any atom is 0.257 e. The van der Waals surface area contributed by atoms with Gasteiger partial charge in [-0.3, -0.25) is 4.79 Å². The summed E-state index contributed by atoms with van der Waals surface area (Å²) in [5.74, 6) is 1.80. The molecule has 0 saturated carbocycles. The van der Waals surface area contributed by atoms with Crippen molar-refractivity contribution in [2.24, 2.45) is 7.05 Å². The van der Waals surface area contributed by atoms with Crippen LogP contribution in [0, 0.1) is 0 Å². The monoisotopic (exact) mass is 327 g/mol. The van der Waals surface area contributed by atoms with Crippen LogP contribution in [0.2, 0.25) is 0 Å². The van der Waals surface area contributed by atoms with E-state index in [-0.39, 0.29) is 12.5 Å². The first-order valence-corrected chi connectivity index (χ1v) is 7.47. The number of aryl methyl sites for hydroxylation is 1. The van der Waals surface area contributed by atoms with E-state index in [9.17, 15) is 4.79 Å².